The molecule has 0 aromatic heterocycles. The SMILES string of the molecule is CCCCC/C=C/C/C=C/C/C=C/CCCCCCC(=O)O[C@H](COC(=O)CCCCCCCCCCC)COP(=O)([O-])OCC[N+](C)(C)C. The first-order valence-electron chi connectivity index (χ1n) is 19.7. The Balaban J connectivity index is 4.45. The topological polar surface area (TPSA) is 111 Å². The zero-order valence-electron chi connectivity index (χ0n) is 32.6. The molecule has 0 fully saturated rings. The van der Waals surface area contributed by atoms with Gasteiger partial charge in [0.1, 0.15) is 19.8 Å². The van der Waals surface area contributed by atoms with Crippen LogP contribution in [0.2, 0.25) is 0 Å². The number of likely N-dealkylation sites (N-methyl/N-ethyl adjacent to an activating group) is 1. The molecule has 0 aromatic rings. The third-order valence-electron chi connectivity index (χ3n) is 8.16. The Morgan fingerprint density at radius 1 is 0.620 bits per heavy atom. The highest BCUT2D eigenvalue weighted by atomic mass is 31.2. The summed E-state index contributed by atoms with van der Waals surface area (Å²) < 4.78 is 33.7. The van der Waals surface area contributed by atoms with Crippen molar-refractivity contribution >= 4 is 19.8 Å². The van der Waals surface area contributed by atoms with Crippen LogP contribution in [0.5, 0.6) is 0 Å². The molecule has 0 heterocycles. The van der Waals surface area contributed by atoms with Crippen molar-refractivity contribution < 1.29 is 42.1 Å². The van der Waals surface area contributed by atoms with Crippen LogP contribution in [0.1, 0.15) is 155 Å². The van der Waals surface area contributed by atoms with Gasteiger partial charge in [-0.25, -0.2) is 0 Å². The zero-order valence-corrected chi connectivity index (χ0v) is 33.5. The Hall–Kier alpha value is -1.77. The fraction of sp³-hybridized carbons (Fsp3) is 0.800. The van der Waals surface area contributed by atoms with E-state index >= 15 is 0 Å². The third kappa shape index (κ3) is 36.0. The maximum atomic E-state index is 12.6. The van der Waals surface area contributed by atoms with Crippen LogP contribution >= 0.6 is 7.82 Å². The summed E-state index contributed by atoms with van der Waals surface area (Å²) >= 11 is 0. The molecule has 0 aromatic carbocycles. The number of phosphoric ester groups is 1. The van der Waals surface area contributed by atoms with E-state index in [-0.39, 0.29) is 26.1 Å². The van der Waals surface area contributed by atoms with E-state index in [1.54, 1.807) is 0 Å². The second-order valence-electron chi connectivity index (χ2n) is 14.3. The lowest BCUT2D eigenvalue weighted by atomic mass is 10.1. The molecule has 0 bridgehead atoms. The van der Waals surface area contributed by atoms with Gasteiger partial charge in [-0.3, -0.25) is 14.2 Å². The summed E-state index contributed by atoms with van der Waals surface area (Å²) in [5.74, 6) is -0.864. The van der Waals surface area contributed by atoms with E-state index in [4.69, 9.17) is 18.5 Å². The zero-order chi connectivity index (χ0) is 37.2. The van der Waals surface area contributed by atoms with Crippen LogP contribution in [0, 0.1) is 0 Å². The van der Waals surface area contributed by atoms with E-state index in [1.807, 2.05) is 21.1 Å². The highest BCUT2D eigenvalue weighted by Gasteiger charge is 2.21. The number of nitrogens with zero attached hydrogens (tertiary/aromatic N) is 1. The maximum Gasteiger partial charge on any atom is 0.306 e. The van der Waals surface area contributed by atoms with Crippen LogP contribution in [0.25, 0.3) is 0 Å². The molecule has 9 nitrogen and oxygen atoms in total. The number of phosphoric acid groups is 1. The van der Waals surface area contributed by atoms with Crippen LogP contribution in [0.4, 0.5) is 0 Å². The molecule has 0 aliphatic rings. The van der Waals surface area contributed by atoms with Crippen molar-refractivity contribution in [1.82, 2.24) is 0 Å². The van der Waals surface area contributed by atoms with Gasteiger partial charge in [-0.05, 0) is 51.4 Å². The average Bonchev–Trinajstić information content (AvgIpc) is 3.06. The number of ether oxygens (including phenoxy) is 2. The first-order valence-corrected chi connectivity index (χ1v) is 21.2. The lowest BCUT2D eigenvalue weighted by molar-refractivity contribution is -0.870. The second-order valence-corrected chi connectivity index (χ2v) is 15.7. The largest absolute Gasteiger partial charge is 0.756 e. The number of rotatable bonds is 35. The molecule has 0 N–H and O–H groups in total. The second kappa shape index (κ2) is 33.1. The molecule has 292 valence electrons. The number of hydrogen-bond acceptors (Lipinski definition) is 8. The van der Waals surface area contributed by atoms with Crippen molar-refractivity contribution in [2.45, 2.75) is 161 Å². The monoisotopic (exact) mass is 728 g/mol. The van der Waals surface area contributed by atoms with E-state index in [2.05, 4.69) is 50.3 Å². The number of quaternary nitrogens is 1. The smallest absolute Gasteiger partial charge is 0.306 e. The molecule has 0 saturated carbocycles. The van der Waals surface area contributed by atoms with Gasteiger partial charge in [0.25, 0.3) is 7.82 Å². The quantitative estimate of drug-likeness (QED) is 0.0209. The highest BCUT2D eigenvalue weighted by Crippen LogP contribution is 2.38. The molecule has 2 atom stereocenters. The minimum atomic E-state index is -4.62. The van der Waals surface area contributed by atoms with Gasteiger partial charge in [0, 0.05) is 12.8 Å². The molecule has 0 saturated heterocycles. The van der Waals surface area contributed by atoms with Gasteiger partial charge in [-0.2, -0.15) is 0 Å². The molecule has 0 radical (unpaired) electrons. The van der Waals surface area contributed by atoms with Crippen LogP contribution in [0.3, 0.4) is 0 Å². The lowest BCUT2D eigenvalue weighted by Crippen LogP contribution is -2.37. The van der Waals surface area contributed by atoms with Crippen LogP contribution in [-0.4, -0.2) is 70.0 Å². The molecular formula is C40H74NO8P. The van der Waals surface area contributed by atoms with Gasteiger partial charge in [0.05, 0.1) is 27.7 Å². The van der Waals surface area contributed by atoms with Gasteiger partial charge in [-0.15, -0.1) is 0 Å². The summed E-state index contributed by atoms with van der Waals surface area (Å²) in [6.45, 7) is 4.13. The fourth-order valence-electron chi connectivity index (χ4n) is 5.01. The molecule has 0 rings (SSSR count). The Labute approximate surface area is 306 Å². The summed E-state index contributed by atoms with van der Waals surface area (Å²) in [4.78, 5) is 37.3. The molecule has 0 aliphatic heterocycles. The van der Waals surface area contributed by atoms with E-state index < -0.39 is 32.5 Å². The molecule has 0 amide bonds. The van der Waals surface area contributed by atoms with Crippen molar-refractivity contribution in [3.05, 3.63) is 36.5 Å². The first-order chi connectivity index (χ1) is 24.0. The molecule has 1 unspecified atom stereocenters. The number of unbranched alkanes of at least 4 members (excludes halogenated alkanes) is 15. The van der Waals surface area contributed by atoms with Gasteiger partial charge >= 0.3 is 11.9 Å². The lowest BCUT2D eigenvalue weighted by Gasteiger charge is -2.28. The number of carbonyl (C=O) groups is 2. The number of allylic oxidation sites excluding steroid dienone is 6. The van der Waals surface area contributed by atoms with Crippen LogP contribution < -0.4 is 4.89 Å². The predicted octanol–water partition coefficient (Wildman–Crippen LogP) is 9.94. The Morgan fingerprint density at radius 2 is 1.08 bits per heavy atom. The van der Waals surface area contributed by atoms with Crippen LogP contribution in [0.15, 0.2) is 36.5 Å². The molecule has 50 heavy (non-hydrogen) atoms. The summed E-state index contributed by atoms with van der Waals surface area (Å²) in [7, 11) is 1.15. The Morgan fingerprint density at radius 3 is 1.64 bits per heavy atom. The van der Waals surface area contributed by atoms with Gasteiger partial charge < -0.3 is 27.9 Å². The minimum absolute atomic E-state index is 0.0353. The van der Waals surface area contributed by atoms with Gasteiger partial charge in [-0.1, -0.05) is 127 Å². The van der Waals surface area contributed by atoms with Crippen molar-refractivity contribution in [3.63, 3.8) is 0 Å². The van der Waals surface area contributed by atoms with E-state index in [1.165, 1.54) is 64.2 Å². The van der Waals surface area contributed by atoms with Gasteiger partial charge in [0.2, 0.25) is 0 Å². The Kier molecular flexibility index (Phi) is 31.9. The molecule has 10 heteroatoms. The summed E-state index contributed by atoms with van der Waals surface area (Å²) in [6.07, 6.45) is 34.6. The van der Waals surface area contributed by atoms with E-state index in [0.29, 0.717) is 17.4 Å². The number of hydrogen-bond donors (Lipinski definition) is 0. The standard InChI is InChI=1S/C40H74NO8P/c1-6-8-10-12-14-16-17-18-19-20-21-22-23-25-27-29-31-33-40(43)49-38(37-48-50(44,45)47-35-34-41(3,4)5)36-46-39(42)32-30-28-26-24-15-13-11-9-7-2/h14,16,18-19,21-22,38H,6-13,15,17,20,23-37H2,1-5H3/b16-14+,19-18+,22-21+/t38-/m1/s1. The minimum Gasteiger partial charge on any atom is -0.756 e. The highest BCUT2D eigenvalue weighted by molar-refractivity contribution is 7.45. The van der Waals surface area contributed by atoms with Gasteiger partial charge in [0.15, 0.2) is 6.10 Å². The van der Waals surface area contributed by atoms with Crippen molar-refractivity contribution in [2.24, 2.45) is 0 Å². The van der Waals surface area contributed by atoms with E-state index in [0.717, 1.165) is 57.8 Å². The van der Waals surface area contributed by atoms with Crippen LogP contribution in [-0.2, 0) is 32.7 Å². The first kappa shape index (κ1) is 48.2. The average molecular weight is 728 g/mol. The molecule has 0 aliphatic carbocycles. The number of carbonyl (C=O) groups excluding carboxylic acids is 2. The molecular weight excluding hydrogens is 653 g/mol. The molecule has 0 spiro atoms. The number of esters is 2. The predicted molar refractivity (Wildman–Crippen MR) is 204 cm³/mol. The normalized spacial score (nSPS) is 14.1. The van der Waals surface area contributed by atoms with Crippen molar-refractivity contribution in [2.75, 3.05) is 47.5 Å². The fourth-order valence-corrected chi connectivity index (χ4v) is 5.74. The third-order valence-corrected chi connectivity index (χ3v) is 9.13. The maximum absolute atomic E-state index is 12.6. The summed E-state index contributed by atoms with van der Waals surface area (Å²) in [5.41, 5.74) is 0. The summed E-state index contributed by atoms with van der Waals surface area (Å²) in [5, 5.41) is 0. The summed E-state index contributed by atoms with van der Waals surface area (Å²) in [6, 6.07) is 0. The van der Waals surface area contributed by atoms with E-state index in [9.17, 15) is 19.0 Å². The van der Waals surface area contributed by atoms with Crippen molar-refractivity contribution in [3.8, 4) is 0 Å². The Bertz CT molecular complexity index is 959. The van der Waals surface area contributed by atoms with Crippen molar-refractivity contribution in [1.29, 1.82) is 0 Å².